The lowest BCUT2D eigenvalue weighted by molar-refractivity contribution is 0.121. The van der Waals surface area contributed by atoms with Crippen LogP contribution in [0.25, 0.3) is 22.0 Å². The van der Waals surface area contributed by atoms with Crippen LogP contribution in [0.1, 0.15) is 37.7 Å². The van der Waals surface area contributed by atoms with Crippen LogP contribution in [-0.2, 0) is 13.5 Å². The van der Waals surface area contributed by atoms with Gasteiger partial charge in [0.25, 0.3) is 0 Å². The Labute approximate surface area is 211 Å². The zero-order valence-electron chi connectivity index (χ0n) is 21.3. The monoisotopic (exact) mass is 484 g/mol. The molecular formula is C29H33FN6. The van der Waals surface area contributed by atoms with Gasteiger partial charge in [0.1, 0.15) is 11.9 Å². The van der Waals surface area contributed by atoms with Gasteiger partial charge in [-0.05, 0) is 48.7 Å². The number of nitrogens with one attached hydrogen (secondary N) is 1. The molecule has 4 heterocycles. The van der Waals surface area contributed by atoms with Gasteiger partial charge in [-0.1, -0.05) is 37.6 Å². The number of hydrogen-bond donors (Lipinski definition) is 1. The molecule has 2 fully saturated rings. The number of aryl methyl sites for hydroxylation is 1. The Morgan fingerprint density at radius 2 is 1.92 bits per heavy atom. The van der Waals surface area contributed by atoms with E-state index in [9.17, 15) is 0 Å². The quantitative estimate of drug-likeness (QED) is 0.371. The number of allylic oxidation sites excluding steroid dienone is 1. The summed E-state index contributed by atoms with van der Waals surface area (Å²) in [5.74, 6) is -0.268. The third-order valence-electron chi connectivity index (χ3n) is 7.78. The highest BCUT2D eigenvalue weighted by molar-refractivity contribution is 5.85. The van der Waals surface area contributed by atoms with Gasteiger partial charge in [-0.25, -0.2) is 9.37 Å². The summed E-state index contributed by atoms with van der Waals surface area (Å²) in [4.78, 5) is 7.10. The van der Waals surface area contributed by atoms with Gasteiger partial charge in [-0.3, -0.25) is 4.68 Å². The predicted octanol–water partition coefficient (Wildman–Crippen LogP) is 5.10. The molecule has 0 amide bonds. The molecule has 2 aromatic heterocycles. The number of aromatic nitrogens is 4. The normalized spacial score (nSPS) is 17.3. The molecule has 7 heteroatoms. The van der Waals surface area contributed by atoms with E-state index >= 15 is 4.39 Å². The first-order valence-corrected chi connectivity index (χ1v) is 12.8. The standard InChI is InChI=1S/C29H33FN6/c1-5-6-26-27(32-18-34(26)4)28(19(2)3)36-13-23-24(30)11-21(12-25(23)33-36)20-7-9-22(10-8-20)35-16-29(17-35)14-31-15-29/h7-13,18,28,31H,2,5-6,14-17H2,1,3-4H3. The highest BCUT2D eigenvalue weighted by Gasteiger charge is 2.47. The summed E-state index contributed by atoms with van der Waals surface area (Å²) in [6.07, 6.45) is 5.56. The van der Waals surface area contributed by atoms with E-state index in [0.29, 0.717) is 16.3 Å². The van der Waals surface area contributed by atoms with Crippen molar-refractivity contribution in [2.24, 2.45) is 12.5 Å². The molecule has 186 valence electrons. The topological polar surface area (TPSA) is 50.9 Å². The summed E-state index contributed by atoms with van der Waals surface area (Å²) >= 11 is 0. The van der Waals surface area contributed by atoms with Crippen molar-refractivity contribution in [3.63, 3.8) is 0 Å². The van der Waals surface area contributed by atoms with E-state index < -0.39 is 0 Å². The Balaban J connectivity index is 1.31. The fourth-order valence-corrected chi connectivity index (χ4v) is 5.74. The maximum absolute atomic E-state index is 15.3. The molecule has 0 bridgehead atoms. The maximum Gasteiger partial charge on any atom is 0.134 e. The number of anilines is 1. The van der Waals surface area contributed by atoms with E-state index in [4.69, 9.17) is 5.10 Å². The minimum absolute atomic E-state index is 0.243. The van der Waals surface area contributed by atoms with E-state index in [1.165, 1.54) is 5.69 Å². The predicted molar refractivity (Wildman–Crippen MR) is 143 cm³/mol. The summed E-state index contributed by atoms with van der Waals surface area (Å²) < 4.78 is 19.2. The first kappa shape index (κ1) is 23.0. The molecule has 2 saturated heterocycles. The van der Waals surface area contributed by atoms with E-state index in [-0.39, 0.29) is 11.9 Å². The summed E-state index contributed by atoms with van der Waals surface area (Å²) in [6, 6.07) is 11.8. The van der Waals surface area contributed by atoms with Gasteiger partial charge >= 0.3 is 0 Å². The second kappa shape index (κ2) is 8.59. The van der Waals surface area contributed by atoms with Crippen molar-refractivity contribution in [1.82, 2.24) is 24.6 Å². The van der Waals surface area contributed by atoms with Gasteiger partial charge in [0.2, 0.25) is 0 Å². The van der Waals surface area contributed by atoms with Gasteiger partial charge in [-0.2, -0.15) is 5.10 Å². The van der Waals surface area contributed by atoms with Crippen LogP contribution in [0, 0.1) is 11.2 Å². The van der Waals surface area contributed by atoms with Crippen molar-refractivity contribution >= 4 is 16.6 Å². The Hall–Kier alpha value is -3.45. The number of fused-ring (bicyclic) bond motifs is 1. The van der Waals surface area contributed by atoms with Crippen LogP contribution < -0.4 is 10.2 Å². The number of hydrogen-bond acceptors (Lipinski definition) is 4. The number of benzene rings is 2. The summed E-state index contributed by atoms with van der Waals surface area (Å²) in [5, 5.41) is 8.71. The Morgan fingerprint density at radius 3 is 2.56 bits per heavy atom. The van der Waals surface area contributed by atoms with Crippen molar-refractivity contribution in [3.05, 3.63) is 78.3 Å². The van der Waals surface area contributed by atoms with Crippen molar-refractivity contribution in [1.29, 1.82) is 0 Å². The van der Waals surface area contributed by atoms with Crippen LogP contribution in [0.5, 0.6) is 0 Å². The molecule has 1 atom stereocenters. The molecule has 6 nitrogen and oxygen atoms in total. The molecule has 1 spiro atoms. The van der Waals surface area contributed by atoms with Gasteiger partial charge in [0.15, 0.2) is 0 Å². The Bertz CT molecular complexity index is 1430. The molecule has 6 rings (SSSR count). The summed E-state index contributed by atoms with van der Waals surface area (Å²) in [5.41, 5.74) is 7.17. The lowest BCUT2D eigenvalue weighted by atomic mass is 9.74. The number of imidazole rings is 1. The summed E-state index contributed by atoms with van der Waals surface area (Å²) in [6.45, 7) is 12.8. The van der Waals surface area contributed by atoms with Crippen molar-refractivity contribution in [2.75, 3.05) is 31.1 Å². The fourth-order valence-electron chi connectivity index (χ4n) is 5.74. The first-order valence-electron chi connectivity index (χ1n) is 12.8. The third kappa shape index (κ3) is 3.73. The third-order valence-corrected chi connectivity index (χ3v) is 7.78. The van der Waals surface area contributed by atoms with Crippen molar-refractivity contribution in [2.45, 2.75) is 32.7 Å². The fraction of sp³-hybridized carbons (Fsp3) is 0.379. The number of halogens is 1. The van der Waals surface area contributed by atoms with Gasteiger partial charge < -0.3 is 14.8 Å². The first-order chi connectivity index (χ1) is 17.4. The Kier molecular flexibility index (Phi) is 5.48. The van der Waals surface area contributed by atoms with Crippen molar-refractivity contribution < 1.29 is 4.39 Å². The lowest BCUT2D eigenvalue weighted by Crippen LogP contribution is -2.71. The molecule has 2 aromatic carbocycles. The minimum atomic E-state index is -0.268. The molecule has 0 saturated carbocycles. The largest absolute Gasteiger partial charge is 0.370 e. The average molecular weight is 485 g/mol. The van der Waals surface area contributed by atoms with Crippen LogP contribution >= 0.6 is 0 Å². The zero-order valence-corrected chi connectivity index (χ0v) is 21.3. The van der Waals surface area contributed by atoms with Crippen molar-refractivity contribution in [3.8, 4) is 11.1 Å². The van der Waals surface area contributed by atoms with E-state index in [1.807, 2.05) is 31.0 Å². The molecule has 1 N–H and O–H groups in total. The van der Waals surface area contributed by atoms with Crippen LogP contribution in [0.15, 0.2) is 61.1 Å². The molecule has 1 unspecified atom stereocenters. The zero-order chi connectivity index (χ0) is 25.0. The van der Waals surface area contributed by atoms with Gasteiger partial charge in [0, 0.05) is 56.2 Å². The highest BCUT2D eigenvalue weighted by atomic mass is 19.1. The van der Waals surface area contributed by atoms with Crippen LogP contribution in [0.4, 0.5) is 10.1 Å². The molecule has 0 radical (unpaired) electrons. The van der Waals surface area contributed by atoms with E-state index in [1.54, 1.807) is 12.3 Å². The SMILES string of the molecule is C=C(C)C(c1ncn(C)c1CCC)n1cc2c(F)cc(-c3ccc(N4CC5(CNC5)C4)cc3)cc2n1. The van der Waals surface area contributed by atoms with Crippen LogP contribution in [0.2, 0.25) is 0 Å². The van der Waals surface area contributed by atoms with Gasteiger partial charge in [-0.15, -0.1) is 0 Å². The van der Waals surface area contributed by atoms with Crippen LogP contribution in [0.3, 0.4) is 0 Å². The Morgan fingerprint density at radius 1 is 1.17 bits per heavy atom. The lowest BCUT2D eigenvalue weighted by Gasteiger charge is -2.57. The smallest absolute Gasteiger partial charge is 0.134 e. The molecule has 36 heavy (non-hydrogen) atoms. The second-order valence-corrected chi connectivity index (χ2v) is 10.7. The average Bonchev–Trinajstić information content (AvgIpc) is 3.37. The molecule has 0 aliphatic carbocycles. The van der Waals surface area contributed by atoms with E-state index in [2.05, 4.69) is 57.5 Å². The second-order valence-electron chi connectivity index (χ2n) is 10.7. The number of nitrogens with zero attached hydrogens (tertiary/aromatic N) is 5. The molecule has 2 aliphatic heterocycles. The highest BCUT2D eigenvalue weighted by Crippen LogP contribution is 2.38. The maximum atomic E-state index is 15.3. The minimum Gasteiger partial charge on any atom is -0.370 e. The number of rotatable bonds is 7. The van der Waals surface area contributed by atoms with E-state index in [0.717, 1.165) is 67.1 Å². The van der Waals surface area contributed by atoms with Crippen LogP contribution in [-0.4, -0.2) is 45.5 Å². The van der Waals surface area contributed by atoms with Gasteiger partial charge in [0.05, 0.1) is 22.9 Å². The summed E-state index contributed by atoms with van der Waals surface area (Å²) in [7, 11) is 2.01. The molecule has 2 aliphatic rings. The molecular weight excluding hydrogens is 451 g/mol. The molecule has 4 aromatic rings.